The second kappa shape index (κ2) is 8.52. The molecule has 0 aliphatic heterocycles. The molecule has 0 heterocycles. The second-order valence-electron chi connectivity index (χ2n) is 8.23. The highest BCUT2D eigenvalue weighted by Gasteiger charge is 2.45. The first-order valence-electron chi connectivity index (χ1n) is 10.3. The molecule has 6 nitrogen and oxygen atoms in total. The lowest BCUT2D eigenvalue weighted by molar-refractivity contribution is -0.140. The average molecular weight is 389 g/mol. The van der Waals surface area contributed by atoms with Gasteiger partial charge in [-0.2, -0.15) is 0 Å². The Hall–Kier alpha value is -2.08. The molecule has 0 saturated heterocycles. The molecule has 2 saturated carbocycles. The predicted molar refractivity (Wildman–Crippen MR) is 108 cm³/mol. The summed E-state index contributed by atoms with van der Waals surface area (Å²) in [6.07, 6.45) is 5.47. The van der Waals surface area contributed by atoms with Crippen LogP contribution in [0, 0.1) is 6.92 Å². The summed E-state index contributed by atoms with van der Waals surface area (Å²) >= 11 is 0. The van der Waals surface area contributed by atoms with Crippen molar-refractivity contribution in [2.75, 3.05) is 20.2 Å². The first-order chi connectivity index (χ1) is 13.4. The molecule has 2 N–H and O–H groups in total. The van der Waals surface area contributed by atoms with Gasteiger partial charge in [-0.3, -0.25) is 14.5 Å². The number of nitrogens with one attached hydrogen (secondary N) is 1. The summed E-state index contributed by atoms with van der Waals surface area (Å²) in [6.45, 7) is 4.77. The maximum atomic E-state index is 13.3. The van der Waals surface area contributed by atoms with Gasteiger partial charge in [0.15, 0.2) is 0 Å². The number of aryl methyl sites for hydroxylation is 1. The number of methoxy groups -OCH3 is 1. The summed E-state index contributed by atoms with van der Waals surface area (Å²) in [5.74, 6) is 0.140. The summed E-state index contributed by atoms with van der Waals surface area (Å²) in [4.78, 5) is 26.3. The van der Waals surface area contributed by atoms with E-state index in [4.69, 9.17) is 9.84 Å². The topological polar surface area (TPSA) is 78.9 Å². The van der Waals surface area contributed by atoms with Gasteiger partial charge in [0.25, 0.3) is 0 Å². The second-order valence-corrected chi connectivity index (χ2v) is 8.23. The average Bonchev–Trinajstić information content (AvgIpc) is 3.14. The lowest BCUT2D eigenvalue weighted by Crippen LogP contribution is -2.57. The highest BCUT2D eigenvalue weighted by Crippen LogP contribution is 2.43. The van der Waals surface area contributed by atoms with Crippen molar-refractivity contribution < 1.29 is 19.4 Å². The van der Waals surface area contributed by atoms with Crippen LogP contribution in [0.5, 0.6) is 5.75 Å². The third-order valence-electron chi connectivity index (χ3n) is 6.56. The van der Waals surface area contributed by atoms with Crippen LogP contribution in [0.4, 0.5) is 0 Å². The minimum absolute atomic E-state index is 0.0644. The highest BCUT2D eigenvalue weighted by atomic mass is 16.5. The van der Waals surface area contributed by atoms with Crippen LogP contribution in [0.1, 0.15) is 56.6 Å². The van der Waals surface area contributed by atoms with Crippen LogP contribution in [0.3, 0.4) is 0 Å². The van der Waals surface area contributed by atoms with Crippen LogP contribution in [0.25, 0.3) is 0 Å². The van der Waals surface area contributed by atoms with E-state index in [1.54, 1.807) is 7.11 Å². The molecule has 3 rings (SSSR count). The fourth-order valence-electron chi connectivity index (χ4n) is 4.74. The maximum absolute atomic E-state index is 13.3. The largest absolute Gasteiger partial charge is 0.496 e. The van der Waals surface area contributed by atoms with Gasteiger partial charge in [0.2, 0.25) is 5.91 Å². The first-order valence-corrected chi connectivity index (χ1v) is 10.3. The number of carboxylic acids is 1. The molecular formula is C22H32N2O4. The molecule has 2 aliphatic rings. The summed E-state index contributed by atoms with van der Waals surface area (Å²) in [5, 5.41) is 12.3. The standard InChI is InChI=1S/C22H32N2O4/c1-4-24(14-20(25)26)18-12-17(13-18)23-21(27)22(9-5-6-10-22)16-8-7-15(2)19(11-16)28-3/h7-8,11,17-18H,4-6,9-10,12-14H2,1-3H3,(H,23,27)(H,25,26). The van der Waals surface area contributed by atoms with Gasteiger partial charge in [0, 0.05) is 12.1 Å². The van der Waals surface area contributed by atoms with E-state index < -0.39 is 11.4 Å². The molecular weight excluding hydrogens is 356 g/mol. The number of carbonyl (C=O) groups is 2. The number of amides is 1. The summed E-state index contributed by atoms with van der Waals surface area (Å²) in [7, 11) is 1.67. The number of hydrogen-bond acceptors (Lipinski definition) is 4. The zero-order valence-corrected chi connectivity index (χ0v) is 17.2. The van der Waals surface area contributed by atoms with Crippen LogP contribution < -0.4 is 10.1 Å². The van der Waals surface area contributed by atoms with Crippen molar-refractivity contribution in [2.24, 2.45) is 0 Å². The van der Waals surface area contributed by atoms with Crippen molar-refractivity contribution in [3.8, 4) is 5.75 Å². The molecule has 0 radical (unpaired) electrons. The number of benzene rings is 1. The summed E-state index contributed by atoms with van der Waals surface area (Å²) < 4.78 is 5.48. The fraction of sp³-hybridized carbons (Fsp3) is 0.636. The van der Waals surface area contributed by atoms with Crippen LogP contribution in [0.2, 0.25) is 0 Å². The zero-order valence-electron chi connectivity index (χ0n) is 17.2. The van der Waals surface area contributed by atoms with Crippen molar-refractivity contribution in [1.29, 1.82) is 0 Å². The SMILES string of the molecule is CCN(CC(=O)O)C1CC(NC(=O)C2(c3ccc(C)c(OC)c3)CCCC2)C1. The van der Waals surface area contributed by atoms with Gasteiger partial charge in [-0.05, 0) is 56.3 Å². The van der Waals surface area contributed by atoms with Gasteiger partial charge < -0.3 is 15.2 Å². The van der Waals surface area contributed by atoms with Gasteiger partial charge in [-0.1, -0.05) is 31.9 Å². The molecule has 0 atom stereocenters. The Morgan fingerprint density at radius 3 is 2.54 bits per heavy atom. The number of carboxylic acid groups (broad SMARTS) is 1. The van der Waals surface area contributed by atoms with Crippen molar-refractivity contribution in [3.05, 3.63) is 29.3 Å². The zero-order chi connectivity index (χ0) is 20.3. The molecule has 0 unspecified atom stereocenters. The van der Waals surface area contributed by atoms with E-state index in [1.807, 2.05) is 30.9 Å². The lowest BCUT2D eigenvalue weighted by atomic mass is 9.76. The molecule has 0 aromatic heterocycles. The minimum Gasteiger partial charge on any atom is -0.496 e. The third kappa shape index (κ3) is 4.02. The summed E-state index contributed by atoms with van der Waals surface area (Å²) in [6, 6.07) is 6.50. The number of carbonyl (C=O) groups excluding carboxylic acids is 1. The Morgan fingerprint density at radius 2 is 1.96 bits per heavy atom. The van der Waals surface area contributed by atoms with Crippen molar-refractivity contribution in [2.45, 2.75) is 69.9 Å². The molecule has 2 fully saturated rings. The molecule has 154 valence electrons. The van der Waals surface area contributed by atoms with Crippen molar-refractivity contribution >= 4 is 11.9 Å². The Morgan fingerprint density at radius 1 is 1.29 bits per heavy atom. The highest BCUT2D eigenvalue weighted by molar-refractivity contribution is 5.89. The van der Waals surface area contributed by atoms with Gasteiger partial charge in [-0.15, -0.1) is 0 Å². The van der Waals surface area contributed by atoms with Crippen LogP contribution in [0.15, 0.2) is 18.2 Å². The van der Waals surface area contributed by atoms with E-state index in [0.29, 0.717) is 6.54 Å². The first kappa shape index (κ1) is 20.6. The van der Waals surface area contributed by atoms with Crippen LogP contribution in [-0.4, -0.2) is 54.2 Å². The maximum Gasteiger partial charge on any atom is 0.317 e. The van der Waals surface area contributed by atoms with Crippen molar-refractivity contribution in [3.63, 3.8) is 0 Å². The van der Waals surface area contributed by atoms with E-state index in [1.165, 1.54) is 0 Å². The third-order valence-corrected chi connectivity index (χ3v) is 6.56. The minimum atomic E-state index is -0.799. The Bertz CT molecular complexity index is 721. The predicted octanol–water partition coefficient (Wildman–Crippen LogP) is 2.87. The molecule has 0 spiro atoms. The number of ether oxygens (including phenoxy) is 1. The molecule has 0 bridgehead atoms. The monoisotopic (exact) mass is 388 g/mol. The van der Waals surface area contributed by atoms with E-state index >= 15 is 0 Å². The molecule has 1 aromatic carbocycles. The van der Waals surface area contributed by atoms with E-state index in [0.717, 1.165) is 55.4 Å². The fourth-order valence-corrected chi connectivity index (χ4v) is 4.74. The van der Waals surface area contributed by atoms with Crippen molar-refractivity contribution in [1.82, 2.24) is 10.2 Å². The smallest absolute Gasteiger partial charge is 0.317 e. The number of aliphatic carboxylic acids is 1. The Labute approximate surface area is 167 Å². The number of rotatable bonds is 8. The van der Waals surface area contributed by atoms with Gasteiger partial charge in [0.1, 0.15) is 5.75 Å². The number of nitrogens with zero attached hydrogens (tertiary/aromatic N) is 1. The summed E-state index contributed by atoms with van der Waals surface area (Å²) in [5.41, 5.74) is 1.64. The van der Waals surface area contributed by atoms with Gasteiger partial charge in [0.05, 0.1) is 19.1 Å². The van der Waals surface area contributed by atoms with E-state index in [9.17, 15) is 9.59 Å². The quantitative estimate of drug-likeness (QED) is 0.716. The molecule has 2 aliphatic carbocycles. The normalized spacial score (nSPS) is 23.3. The Balaban J connectivity index is 1.67. The Kier molecular flexibility index (Phi) is 6.28. The number of likely N-dealkylation sites (N-methyl/N-ethyl adjacent to an activating group) is 1. The number of hydrogen-bond donors (Lipinski definition) is 2. The van der Waals surface area contributed by atoms with Crippen LogP contribution in [-0.2, 0) is 15.0 Å². The molecule has 6 heteroatoms. The van der Waals surface area contributed by atoms with Crippen LogP contribution >= 0.6 is 0 Å². The van der Waals surface area contributed by atoms with Gasteiger partial charge in [-0.25, -0.2) is 0 Å². The molecule has 1 aromatic rings. The van der Waals surface area contributed by atoms with E-state index in [-0.39, 0.29) is 24.5 Å². The molecule has 1 amide bonds. The molecule has 28 heavy (non-hydrogen) atoms. The lowest BCUT2D eigenvalue weighted by Gasteiger charge is -2.43. The van der Waals surface area contributed by atoms with Gasteiger partial charge >= 0.3 is 5.97 Å². The van der Waals surface area contributed by atoms with E-state index in [2.05, 4.69) is 11.4 Å².